The molecule has 0 aliphatic heterocycles. The van der Waals surface area contributed by atoms with Gasteiger partial charge in [-0.1, -0.05) is 25.0 Å². The Morgan fingerprint density at radius 3 is 2.88 bits per heavy atom. The highest BCUT2D eigenvalue weighted by atomic mass is 16.5. The SMILES string of the molecule is CCOCCn1cc(C2(C)CCCC2)nn1. The Hall–Kier alpha value is -0.900. The highest BCUT2D eigenvalue weighted by Gasteiger charge is 2.33. The fourth-order valence-electron chi connectivity index (χ4n) is 2.40. The molecule has 0 amide bonds. The molecule has 0 saturated heterocycles. The third-order valence-electron chi connectivity index (χ3n) is 3.53. The van der Waals surface area contributed by atoms with E-state index in [1.54, 1.807) is 0 Å². The van der Waals surface area contributed by atoms with Crippen molar-refractivity contribution < 1.29 is 4.74 Å². The molecule has 4 heteroatoms. The topological polar surface area (TPSA) is 39.9 Å². The number of aromatic nitrogens is 3. The summed E-state index contributed by atoms with van der Waals surface area (Å²) < 4.78 is 7.21. The lowest BCUT2D eigenvalue weighted by molar-refractivity contribution is 0.136. The van der Waals surface area contributed by atoms with Gasteiger partial charge in [0, 0.05) is 18.2 Å². The molecule has 16 heavy (non-hydrogen) atoms. The maximum atomic E-state index is 5.31. The highest BCUT2D eigenvalue weighted by Crippen LogP contribution is 2.39. The maximum Gasteiger partial charge on any atom is 0.0885 e. The molecule has 0 spiro atoms. The van der Waals surface area contributed by atoms with E-state index in [0.717, 1.165) is 25.5 Å². The van der Waals surface area contributed by atoms with Crippen molar-refractivity contribution in [3.63, 3.8) is 0 Å². The zero-order valence-corrected chi connectivity index (χ0v) is 10.3. The summed E-state index contributed by atoms with van der Waals surface area (Å²) in [5, 5.41) is 8.47. The molecule has 1 aliphatic carbocycles. The Balaban J connectivity index is 1.96. The van der Waals surface area contributed by atoms with Crippen molar-refractivity contribution >= 4 is 0 Å². The summed E-state index contributed by atoms with van der Waals surface area (Å²) in [4.78, 5) is 0. The summed E-state index contributed by atoms with van der Waals surface area (Å²) in [5.41, 5.74) is 1.42. The van der Waals surface area contributed by atoms with Gasteiger partial charge in [0.15, 0.2) is 0 Å². The van der Waals surface area contributed by atoms with Gasteiger partial charge in [-0.05, 0) is 19.8 Å². The second-order valence-corrected chi connectivity index (χ2v) is 4.83. The number of hydrogen-bond donors (Lipinski definition) is 0. The Morgan fingerprint density at radius 1 is 1.44 bits per heavy atom. The molecule has 1 aliphatic rings. The number of ether oxygens (including phenoxy) is 1. The van der Waals surface area contributed by atoms with Crippen molar-refractivity contribution in [2.45, 2.75) is 51.5 Å². The van der Waals surface area contributed by atoms with Gasteiger partial charge in [0.05, 0.1) is 18.8 Å². The van der Waals surface area contributed by atoms with E-state index in [0.29, 0.717) is 0 Å². The molecule has 0 N–H and O–H groups in total. The Morgan fingerprint density at radius 2 is 2.19 bits per heavy atom. The largest absolute Gasteiger partial charge is 0.380 e. The molecule has 1 aromatic rings. The summed E-state index contributed by atoms with van der Waals surface area (Å²) in [5.74, 6) is 0. The Kier molecular flexibility index (Phi) is 3.59. The number of hydrogen-bond acceptors (Lipinski definition) is 3. The standard InChI is InChI=1S/C12H21N3O/c1-3-16-9-8-15-10-11(13-14-15)12(2)6-4-5-7-12/h10H,3-9H2,1-2H3. The first-order chi connectivity index (χ1) is 7.74. The highest BCUT2D eigenvalue weighted by molar-refractivity contribution is 5.12. The molecule has 1 heterocycles. The molecule has 4 nitrogen and oxygen atoms in total. The van der Waals surface area contributed by atoms with Gasteiger partial charge in [0.2, 0.25) is 0 Å². The predicted molar refractivity (Wildman–Crippen MR) is 62.3 cm³/mol. The molecular weight excluding hydrogens is 202 g/mol. The van der Waals surface area contributed by atoms with E-state index >= 15 is 0 Å². The minimum absolute atomic E-state index is 0.268. The molecule has 0 unspecified atom stereocenters. The van der Waals surface area contributed by atoms with Gasteiger partial charge in [-0.2, -0.15) is 0 Å². The first-order valence-corrected chi connectivity index (χ1v) is 6.23. The quantitative estimate of drug-likeness (QED) is 0.718. The first-order valence-electron chi connectivity index (χ1n) is 6.23. The summed E-state index contributed by atoms with van der Waals surface area (Å²) in [6, 6.07) is 0. The third-order valence-corrected chi connectivity index (χ3v) is 3.53. The molecular formula is C12H21N3O. The minimum atomic E-state index is 0.268. The molecule has 1 fully saturated rings. The third kappa shape index (κ3) is 2.43. The van der Waals surface area contributed by atoms with Gasteiger partial charge in [-0.25, -0.2) is 4.68 Å². The lowest BCUT2D eigenvalue weighted by atomic mass is 9.86. The van der Waals surface area contributed by atoms with Gasteiger partial charge < -0.3 is 4.74 Å². The van der Waals surface area contributed by atoms with E-state index in [1.165, 1.54) is 25.7 Å². The summed E-state index contributed by atoms with van der Waals surface area (Å²) in [7, 11) is 0. The Bertz CT molecular complexity index is 329. The molecule has 0 bridgehead atoms. The van der Waals surface area contributed by atoms with E-state index in [-0.39, 0.29) is 5.41 Å². The van der Waals surface area contributed by atoms with Crippen molar-refractivity contribution in [2.24, 2.45) is 0 Å². The minimum Gasteiger partial charge on any atom is -0.380 e. The van der Waals surface area contributed by atoms with Gasteiger partial charge in [-0.3, -0.25) is 0 Å². The molecule has 1 aromatic heterocycles. The van der Waals surface area contributed by atoms with Crippen molar-refractivity contribution in [1.82, 2.24) is 15.0 Å². The average molecular weight is 223 g/mol. The normalized spacial score (nSPS) is 19.1. The van der Waals surface area contributed by atoms with Crippen molar-refractivity contribution in [3.05, 3.63) is 11.9 Å². The van der Waals surface area contributed by atoms with Crippen LogP contribution in [-0.2, 0) is 16.7 Å². The second kappa shape index (κ2) is 4.95. The van der Waals surface area contributed by atoms with Crippen LogP contribution in [0.3, 0.4) is 0 Å². The van der Waals surface area contributed by atoms with Crippen LogP contribution in [0.25, 0.3) is 0 Å². The zero-order chi connectivity index (χ0) is 11.4. The van der Waals surface area contributed by atoms with E-state index in [4.69, 9.17) is 4.74 Å². The van der Waals surface area contributed by atoms with Gasteiger partial charge in [0.1, 0.15) is 0 Å². The van der Waals surface area contributed by atoms with Crippen LogP contribution in [0, 0.1) is 0 Å². The zero-order valence-electron chi connectivity index (χ0n) is 10.3. The summed E-state index contributed by atoms with van der Waals surface area (Å²) in [6.45, 7) is 6.59. The maximum absolute atomic E-state index is 5.31. The molecule has 0 radical (unpaired) electrons. The van der Waals surface area contributed by atoms with Crippen LogP contribution in [-0.4, -0.2) is 28.2 Å². The summed E-state index contributed by atoms with van der Waals surface area (Å²) in [6.07, 6.45) is 7.23. The van der Waals surface area contributed by atoms with Crippen LogP contribution >= 0.6 is 0 Å². The van der Waals surface area contributed by atoms with Crippen molar-refractivity contribution in [2.75, 3.05) is 13.2 Å². The Labute approximate surface area is 97.0 Å². The molecule has 0 atom stereocenters. The van der Waals surface area contributed by atoms with Gasteiger partial charge >= 0.3 is 0 Å². The monoisotopic (exact) mass is 223 g/mol. The van der Waals surface area contributed by atoms with Crippen LogP contribution < -0.4 is 0 Å². The molecule has 0 aromatic carbocycles. The van der Waals surface area contributed by atoms with Crippen molar-refractivity contribution in [3.8, 4) is 0 Å². The van der Waals surface area contributed by atoms with Crippen molar-refractivity contribution in [1.29, 1.82) is 0 Å². The second-order valence-electron chi connectivity index (χ2n) is 4.83. The fourth-order valence-corrected chi connectivity index (χ4v) is 2.40. The number of rotatable bonds is 5. The average Bonchev–Trinajstić information content (AvgIpc) is 2.88. The lowest BCUT2D eigenvalue weighted by Crippen LogP contribution is -2.17. The van der Waals surface area contributed by atoms with Crippen LogP contribution in [0.4, 0.5) is 0 Å². The van der Waals surface area contributed by atoms with Crippen LogP contribution in [0.15, 0.2) is 6.20 Å². The van der Waals surface area contributed by atoms with Gasteiger partial charge in [0.25, 0.3) is 0 Å². The van der Waals surface area contributed by atoms with Crippen LogP contribution in [0.5, 0.6) is 0 Å². The molecule has 1 saturated carbocycles. The van der Waals surface area contributed by atoms with E-state index < -0.39 is 0 Å². The van der Waals surface area contributed by atoms with E-state index in [9.17, 15) is 0 Å². The molecule has 2 rings (SSSR count). The fraction of sp³-hybridized carbons (Fsp3) is 0.833. The van der Waals surface area contributed by atoms with E-state index in [2.05, 4.69) is 23.4 Å². The van der Waals surface area contributed by atoms with Crippen LogP contribution in [0.2, 0.25) is 0 Å². The molecule has 90 valence electrons. The lowest BCUT2D eigenvalue weighted by Gasteiger charge is -2.19. The van der Waals surface area contributed by atoms with Gasteiger partial charge in [-0.15, -0.1) is 5.10 Å². The predicted octanol–water partition coefficient (Wildman–Crippen LogP) is 2.15. The van der Waals surface area contributed by atoms with Crippen LogP contribution in [0.1, 0.15) is 45.2 Å². The first kappa shape index (κ1) is 11.6. The van der Waals surface area contributed by atoms with E-state index in [1.807, 2.05) is 11.6 Å². The summed E-state index contributed by atoms with van der Waals surface area (Å²) >= 11 is 0. The smallest absolute Gasteiger partial charge is 0.0885 e. The number of nitrogens with zero attached hydrogens (tertiary/aromatic N) is 3.